The third-order valence-electron chi connectivity index (χ3n) is 5.58. The van der Waals surface area contributed by atoms with Crippen LogP contribution in [0.4, 0.5) is 4.79 Å². The lowest BCUT2D eigenvalue weighted by atomic mass is 10.0. The summed E-state index contributed by atoms with van der Waals surface area (Å²) < 4.78 is 5.54. The molecule has 136 valence electrons. The Morgan fingerprint density at radius 2 is 1.67 bits per heavy atom. The molecule has 0 aromatic heterocycles. The van der Waals surface area contributed by atoms with E-state index in [0.717, 1.165) is 39.0 Å². The van der Waals surface area contributed by atoms with Crippen molar-refractivity contribution in [2.24, 2.45) is 5.92 Å². The monoisotopic (exact) mass is 337 g/mol. The number of carbonyl (C=O) groups excluding carboxylic acids is 2. The Labute approximate surface area is 144 Å². The first-order valence-corrected chi connectivity index (χ1v) is 9.64. The molecule has 0 radical (unpaired) electrons. The fourth-order valence-corrected chi connectivity index (χ4v) is 4.08. The highest BCUT2D eigenvalue weighted by molar-refractivity contribution is 5.77. The van der Waals surface area contributed by atoms with Gasteiger partial charge in [-0.1, -0.05) is 12.8 Å². The number of urea groups is 1. The number of rotatable bonds is 4. The van der Waals surface area contributed by atoms with E-state index in [0.29, 0.717) is 32.0 Å². The van der Waals surface area contributed by atoms with Crippen molar-refractivity contribution in [1.82, 2.24) is 15.1 Å². The summed E-state index contributed by atoms with van der Waals surface area (Å²) in [6.07, 6.45) is 8.81. The van der Waals surface area contributed by atoms with E-state index in [1.807, 2.05) is 9.80 Å². The number of carbonyl (C=O) groups is 2. The molecule has 2 aliphatic heterocycles. The van der Waals surface area contributed by atoms with E-state index in [1.165, 1.54) is 25.7 Å². The molecule has 0 spiro atoms. The molecule has 0 aromatic carbocycles. The fraction of sp³-hybridized carbons (Fsp3) is 0.889. The molecule has 3 aliphatic rings. The van der Waals surface area contributed by atoms with E-state index >= 15 is 0 Å². The first-order chi connectivity index (χ1) is 11.7. The Bertz CT molecular complexity index is 431. The van der Waals surface area contributed by atoms with Gasteiger partial charge in [0.05, 0.1) is 6.10 Å². The zero-order valence-electron chi connectivity index (χ0n) is 14.7. The van der Waals surface area contributed by atoms with Crippen LogP contribution in [0.15, 0.2) is 0 Å². The Balaban J connectivity index is 1.40. The number of hydrogen-bond acceptors (Lipinski definition) is 3. The van der Waals surface area contributed by atoms with E-state index in [1.54, 1.807) is 0 Å². The highest BCUT2D eigenvalue weighted by atomic mass is 16.5. The molecule has 3 rings (SSSR count). The van der Waals surface area contributed by atoms with Gasteiger partial charge in [0.2, 0.25) is 5.91 Å². The summed E-state index contributed by atoms with van der Waals surface area (Å²) in [6.45, 7) is 4.21. The minimum absolute atomic E-state index is 0.0180. The van der Waals surface area contributed by atoms with Gasteiger partial charge < -0.3 is 19.9 Å². The van der Waals surface area contributed by atoms with Gasteiger partial charge in [-0.3, -0.25) is 4.79 Å². The maximum atomic E-state index is 12.5. The number of nitrogens with zero attached hydrogens (tertiary/aromatic N) is 2. The fourth-order valence-electron chi connectivity index (χ4n) is 4.08. The van der Waals surface area contributed by atoms with Crippen LogP contribution in [0.5, 0.6) is 0 Å². The van der Waals surface area contributed by atoms with Crippen LogP contribution in [0.2, 0.25) is 0 Å². The summed E-state index contributed by atoms with van der Waals surface area (Å²) in [7, 11) is 0. The molecule has 3 fully saturated rings. The molecule has 2 heterocycles. The normalized spacial score (nSPS) is 25.8. The lowest BCUT2D eigenvalue weighted by Gasteiger charge is -2.24. The van der Waals surface area contributed by atoms with Crippen LogP contribution in [0.25, 0.3) is 0 Å². The van der Waals surface area contributed by atoms with Gasteiger partial charge in [-0.15, -0.1) is 0 Å². The molecular formula is C18H31N3O3. The SMILES string of the molecule is O=C(CC1CCCC1)N1CCCN(C(=O)NC[C@H]2CCCO2)CC1. The Kier molecular flexibility index (Phi) is 6.35. The second-order valence-electron chi connectivity index (χ2n) is 7.40. The molecule has 0 aromatic rings. The molecule has 1 aliphatic carbocycles. The molecule has 1 atom stereocenters. The molecule has 2 saturated heterocycles. The van der Waals surface area contributed by atoms with Crippen molar-refractivity contribution in [2.45, 2.75) is 57.5 Å². The third-order valence-corrected chi connectivity index (χ3v) is 5.58. The average Bonchev–Trinajstić information content (AvgIpc) is 3.22. The maximum absolute atomic E-state index is 12.5. The predicted octanol–water partition coefficient (Wildman–Crippen LogP) is 1.99. The molecule has 0 bridgehead atoms. The van der Waals surface area contributed by atoms with Crippen molar-refractivity contribution < 1.29 is 14.3 Å². The van der Waals surface area contributed by atoms with Crippen molar-refractivity contribution in [2.75, 3.05) is 39.3 Å². The van der Waals surface area contributed by atoms with Crippen LogP contribution in [-0.2, 0) is 9.53 Å². The van der Waals surface area contributed by atoms with Crippen LogP contribution < -0.4 is 5.32 Å². The van der Waals surface area contributed by atoms with Gasteiger partial charge in [-0.25, -0.2) is 4.79 Å². The standard InChI is InChI=1S/C18H31N3O3/c22-17(13-15-5-1-2-6-15)20-8-4-9-21(11-10-20)18(23)19-14-16-7-3-12-24-16/h15-16H,1-14H2,(H,19,23)/t16-/m1/s1. The van der Waals surface area contributed by atoms with Crippen LogP contribution in [-0.4, -0.2) is 67.2 Å². The molecule has 6 nitrogen and oxygen atoms in total. The summed E-state index contributed by atoms with van der Waals surface area (Å²) >= 11 is 0. The number of ether oxygens (including phenoxy) is 1. The summed E-state index contributed by atoms with van der Waals surface area (Å²) in [4.78, 5) is 28.6. The van der Waals surface area contributed by atoms with Gasteiger partial charge in [0.25, 0.3) is 0 Å². The van der Waals surface area contributed by atoms with E-state index < -0.39 is 0 Å². The molecule has 1 N–H and O–H groups in total. The second kappa shape index (κ2) is 8.70. The minimum Gasteiger partial charge on any atom is -0.376 e. The molecular weight excluding hydrogens is 306 g/mol. The quantitative estimate of drug-likeness (QED) is 0.853. The van der Waals surface area contributed by atoms with Crippen molar-refractivity contribution in [3.8, 4) is 0 Å². The van der Waals surface area contributed by atoms with E-state index in [4.69, 9.17) is 4.74 Å². The Morgan fingerprint density at radius 1 is 0.917 bits per heavy atom. The zero-order valence-corrected chi connectivity index (χ0v) is 14.7. The van der Waals surface area contributed by atoms with Gasteiger partial charge >= 0.3 is 6.03 Å². The van der Waals surface area contributed by atoms with Crippen LogP contribution >= 0.6 is 0 Å². The van der Waals surface area contributed by atoms with Gasteiger partial charge in [0.1, 0.15) is 0 Å². The first kappa shape index (κ1) is 17.5. The van der Waals surface area contributed by atoms with Crippen molar-refractivity contribution in [3.05, 3.63) is 0 Å². The lowest BCUT2D eigenvalue weighted by Crippen LogP contribution is -2.44. The molecule has 24 heavy (non-hydrogen) atoms. The number of nitrogens with one attached hydrogen (secondary N) is 1. The summed E-state index contributed by atoms with van der Waals surface area (Å²) in [5.74, 6) is 0.870. The number of amides is 3. The van der Waals surface area contributed by atoms with Gasteiger partial charge in [-0.05, 0) is 38.0 Å². The van der Waals surface area contributed by atoms with Crippen LogP contribution in [0, 0.1) is 5.92 Å². The van der Waals surface area contributed by atoms with Crippen LogP contribution in [0.3, 0.4) is 0 Å². The van der Waals surface area contributed by atoms with Crippen molar-refractivity contribution in [3.63, 3.8) is 0 Å². The molecule has 6 heteroatoms. The van der Waals surface area contributed by atoms with E-state index in [2.05, 4.69) is 5.32 Å². The maximum Gasteiger partial charge on any atom is 0.317 e. The van der Waals surface area contributed by atoms with Gasteiger partial charge in [0, 0.05) is 45.8 Å². The van der Waals surface area contributed by atoms with E-state index in [9.17, 15) is 9.59 Å². The van der Waals surface area contributed by atoms with E-state index in [-0.39, 0.29) is 18.0 Å². The van der Waals surface area contributed by atoms with Gasteiger partial charge in [-0.2, -0.15) is 0 Å². The summed E-state index contributed by atoms with van der Waals surface area (Å²) in [5.41, 5.74) is 0. The second-order valence-corrected chi connectivity index (χ2v) is 7.40. The Hall–Kier alpha value is -1.30. The molecule has 1 saturated carbocycles. The molecule has 0 unspecified atom stereocenters. The predicted molar refractivity (Wildman–Crippen MR) is 91.7 cm³/mol. The average molecular weight is 337 g/mol. The highest BCUT2D eigenvalue weighted by Gasteiger charge is 2.25. The van der Waals surface area contributed by atoms with Crippen LogP contribution in [0.1, 0.15) is 51.4 Å². The highest BCUT2D eigenvalue weighted by Crippen LogP contribution is 2.28. The largest absolute Gasteiger partial charge is 0.376 e. The minimum atomic E-state index is -0.0180. The molecule has 3 amide bonds. The van der Waals surface area contributed by atoms with Crippen molar-refractivity contribution >= 4 is 11.9 Å². The lowest BCUT2D eigenvalue weighted by molar-refractivity contribution is -0.132. The number of hydrogen-bond donors (Lipinski definition) is 1. The summed E-state index contributed by atoms with van der Waals surface area (Å²) in [5, 5.41) is 2.98. The van der Waals surface area contributed by atoms with Crippen molar-refractivity contribution in [1.29, 1.82) is 0 Å². The summed E-state index contributed by atoms with van der Waals surface area (Å²) in [6, 6.07) is -0.0180. The third kappa shape index (κ3) is 4.85. The first-order valence-electron chi connectivity index (χ1n) is 9.64. The van der Waals surface area contributed by atoms with Gasteiger partial charge in [0.15, 0.2) is 0 Å². The zero-order chi connectivity index (χ0) is 16.8. The Morgan fingerprint density at radius 3 is 2.42 bits per heavy atom. The topological polar surface area (TPSA) is 61.9 Å². The smallest absolute Gasteiger partial charge is 0.317 e.